The lowest BCUT2D eigenvalue weighted by Crippen LogP contribution is -1.91. The molecule has 0 fully saturated rings. The van der Waals surface area contributed by atoms with Crippen molar-refractivity contribution < 1.29 is 0 Å². The van der Waals surface area contributed by atoms with Crippen LogP contribution in [0, 0.1) is 0 Å². The Balaban J connectivity index is 2.39. The Bertz CT molecular complexity index is 709. The van der Waals surface area contributed by atoms with E-state index in [0.717, 1.165) is 6.42 Å². The fraction of sp³-hybridized carbons (Fsp3) is 0.158. The highest BCUT2D eigenvalue weighted by Crippen LogP contribution is 2.30. The van der Waals surface area contributed by atoms with Crippen LogP contribution in [0.1, 0.15) is 19.4 Å². The Labute approximate surface area is 114 Å². The predicted molar refractivity (Wildman–Crippen MR) is 84.6 cm³/mol. The molecule has 0 radical (unpaired) electrons. The molecule has 0 saturated carbocycles. The van der Waals surface area contributed by atoms with Gasteiger partial charge in [0, 0.05) is 0 Å². The predicted octanol–water partition coefficient (Wildman–Crippen LogP) is 5.50. The van der Waals surface area contributed by atoms with Crippen molar-refractivity contribution in [1.82, 2.24) is 0 Å². The third-order valence-electron chi connectivity index (χ3n) is 3.83. The topological polar surface area (TPSA) is 0 Å². The highest BCUT2D eigenvalue weighted by Gasteiger charge is 2.07. The fourth-order valence-electron chi connectivity index (χ4n) is 2.68. The molecular weight excluding hydrogens is 228 g/mol. The van der Waals surface area contributed by atoms with Gasteiger partial charge in [0.05, 0.1) is 0 Å². The quantitative estimate of drug-likeness (QED) is 0.413. The first-order chi connectivity index (χ1) is 9.29. The SMILES string of the molecule is CC=C(C)Cc1c2ccccc2cc2ccccc12. The van der Waals surface area contributed by atoms with Gasteiger partial charge < -0.3 is 0 Å². The molecule has 19 heavy (non-hydrogen) atoms. The van der Waals surface area contributed by atoms with Crippen LogP contribution in [-0.2, 0) is 6.42 Å². The molecule has 0 N–H and O–H groups in total. The van der Waals surface area contributed by atoms with E-state index in [1.54, 1.807) is 0 Å². The minimum absolute atomic E-state index is 1.03. The van der Waals surface area contributed by atoms with E-state index in [2.05, 4.69) is 74.5 Å². The van der Waals surface area contributed by atoms with Crippen LogP contribution >= 0.6 is 0 Å². The van der Waals surface area contributed by atoms with E-state index in [9.17, 15) is 0 Å². The van der Waals surface area contributed by atoms with Crippen LogP contribution in [0.25, 0.3) is 21.5 Å². The van der Waals surface area contributed by atoms with Gasteiger partial charge in [-0.05, 0) is 53.4 Å². The second-order valence-corrected chi connectivity index (χ2v) is 5.11. The number of allylic oxidation sites excluding steroid dienone is 2. The Hall–Kier alpha value is -2.08. The summed E-state index contributed by atoms with van der Waals surface area (Å²) in [6.07, 6.45) is 3.23. The summed E-state index contributed by atoms with van der Waals surface area (Å²) >= 11 is 0. The maximum atomic E-state index is 2.29. The van der Waals surface area contributed by atoms with Crippen LogP contribution in [-0.4, -0.2) is 0 Å². The van der Waals surface area contributed by atoms with Crippen LogP contribution in [0.4, 0.5) is 0 Å². The third kappa shape index (κ3) is 2.15. The van der Waals surface area contributed by atoms with Crippen LogP contribution < -0.4 is 0 Å². The molecule has 3 rings (SSSR count). The number of rotatable bonds is 2. The van der Waals surface area contributed by atoms with Crippen LogP contribution in [0.3, 0.4) is 0 Å². The molecule has 0 aromatic heterocycles. The van der Waals surface area contributed by atoms with Crippen molar-refractivity contribution in [2.75, 3.05) is 0 Å². The zero-order valence-electron chi connectivity index (χ0n) is 11.5. The Morgan fingerprint density at radius 3 is 1.95 bits per heavy atom. The maximum absolute atomic E-state index is 2.29. The van der Waals surface area contributed by atoms with Gasteiger partial charge >= 0.3 is 0 Å². The van der Waals surface area contributed by atoms with Gasteiger partial charge in [-0.1, -0.05) is 60.2 Å². The minimum Gasteiger partial charge on any atom is -0.0884 e. The average Bonchev–Trinajstić information content (AvgIpc) is 2.46. The highest BCUT2D eigenvalue weighted by molar-refractivity contribution is 6.02. The van der Waals surface area contributed by atoms with Crippen LogP contribution in [0.15, 0.2) is 66.2 Å². The van der Waals surface area contributed by atoms with Gasteiger partial charge in [0.2, 0.25) is 0 Å². The highest BCUT2D eigenvalue weighted by atomic mass is 14.1. The molecule has 0 bridgehead atoms. The van der Waals surface area contributed by atoms with Crippen LogP contribution in [0.5, 0.6) is 0 Å². The molecule has 3 aromatic rings. The molecule has 0 atom stereocenters. The Morgan fingerprint density at radius 1 is 0.895 bits per heavy atom. The van der Waals surface area contributed by atoms with E-state index >= 15 is 0 Å². The average molecular weight is 246 g/mol. The van der Waals surface area contributed by atoms with Gasteiger partial charge in [0.15, 0.2) is 0 Å². The Morgan fingerprint density at radius 2 is 1.42 bits per heavy atom. The first kappa shape index (κ1) is 12.0. The molecule has 0 saturated heterocycles. The van der Waals surface area contributed by atoms with Crippen molar-refractivity contribution in [3.63, 3.8) is 0 Å². The number of hydrogen-bond donors (Lipinski definition) is 0. The molecule has 0 aliphatic heterocycles. The van der Waals surface area contributed by atoms with E-state index < -0.39 is 0 Å². The molecule has 0 amide bonds. The van der Waals surface area contributed by atoms with Gasteiger partial charge in [-0.15, -0.1) is 0 Å². The normalized spacial score (nSPS) is 12.2. The molecule has 0 aliphatic carbocycles. The molecule has 0 heterocycles. The van der Waals surface area contributed by atoms with Crippen molar-refractivity contribution in [2.24, 2.45) is 0 Å². The first-order valence-electron chi connectivity index (χ1n) is 6.81. The van der Waals surface area contributed by atoms with E-state index in [-0.39, 0.29) is 0 Å². The lowest BCUT2D eigenvalue weighted by atomic mass is 9.93. The summed E-state index contributed by atoms with van der Waals surface area (Å²) in [5.41, 5.74) is 2.87. The van der Waals surface area contributed by atoms with Crippen molar-refractivity contribution in [1.29, 1.82) is 0 Å². The van der Waals surface area contributed by atoms with E-state index in [1.807, 2.05) is 0 Å². The molecule has 0 aliphatic rings. The van der Waals surface area contributed by atoms with E-state index in [4.69, 9.17) is 0 Å². The molecule has 0 nitrogen and oxygen atoms in total. The standard InChI is InChI=1S/C19H18/c1-3-14(2)12-19-17-10-6-4-8-15(17)13-16-9-5-7-11-18(16)19/h3-11,13H,12H2,1-2H3. The molecule has 0 heteroatoms. The van der Waals surface area contributed by atoms with E-state index in [0.29, 0.717) is 0 Å². The first-order valence-corrected chi connectivity index (χ1v) is 6.81. The molecule has 0 unspecified atom stereocenters. The Kier molecular flexibility index (Phi) is 3.08. The largest absolute Gasteiger partial charge is 0.0884 e. The van der Waals surface area contributed by atoms with Gasteiger partial charge in [0.25, 0.3) is 0 Å². The second kappa shape index (κ2) is 4.89. The summed E-state index contributed by atoms with van der Waals surface area (Å²) in [7, 11) is 0. The summed E-state index contributed by atoms with van der Waals surface area (Å²) in [6.45, 7) is 4.32. The van der Waals surface area contributed by atoms with Gasteiger partial charge in [-0.2, -0.15) is 0 Å². The zero-order chi connectivity index (χ0) is 13.2. The fourth-order valence-corrected chi connectivity index (χ4v) is 2.68. The van der Waals surface area contributed by atoms with Crippen molar-refractivity contribution in [2.45, 2.75) is 20.3 Å². The van der Waals surface area contributed by atoms with Crippen molar-refractivity contribution in [3.8, 4) is 0 Å². The van der Waals surface area contributed by atoms with Crippen molar-refractivity contribution in [3.05, 3.63) is 71.8 Å². The van der Waals surface area contributed by atoms with Crippen molar-refractivity contribution >= 4 is 21.5 Å². The summed E-state index contributed by atoms with van der Waals surface area (Å²) < 4.78 is 0. The monoisotopic (exact) mass is 246 g/mol. The molecular formula is C19H18. The van der Waals surface area contributed by atoms with Crippen LogP contribution in [0.2, 0.25) is 0 Å². The lowest BCUT2D eigenvalue weighted by Gasteiger charge is -2.11. The second-order valence-electron chi connectivity index (χ2n) is 5.11. The number of benzene rings is 3. The number of hydrogen-bond acceptors (Lipinski definition) is 0. The zero-order valence-corrected chi connectivity index (χ0v) is 11.5. The molecule has 3 aromatic carbocycles. The van der Waals surface area contributed by atoms with E-state index in [1.165, 1.54) is 32.7 Å². The third-order valence-corrected chi connectivity index (χ3v) is 3.83. The smallest absolute Gasteiger partial charge is 0.00577 e. The summed E-state index contributed by atoms with van der Waals surface area (Å²) in [5, 5.41) is 5.42. The summed E-state index contributed by atoms with van der Waals surface area (Å²) in [6, 6.07) is 19.7. The molecule has 94 valence electrons. The van der Waals surface area contributed by atoms with Gasteiger partial charge in [0.1, 0.15) is 0 Å². The van der Waals surface area contributed by atoms with Gasteiger partial charge in [-0.3, -0.25) is 0 Å². The number of fused-ring (bicyclic) bond motifs is 2. The minimum atomic E-state index is 1.03. The lowest BCUT2D eigenvalue weighted by molar-refractivity contribution is 1.16. The summed E-state index contributed by atoms with van der Waals surface area (Å²) in [5.74, 6) is 0. The van der Waals surface area contributed by atoms with Gasteiger partial charge in [-0.25, -0.2) is 0 Å². The maximum Gasteiger partial charge on any atom is -0.00577 e. The summed E-state index contributed by atoms with van der Waals surface area (Å²) in [4.78, 5) is 0. The molecule has 0 spiro atoms.